The maximum atomic E-state index is 13.1. The molecule has 0 aliphatic carbocycles. The number of halogens is 2. The van der Waals surface area contributed by atoms with E-state index in [9.17, 15) is 28.1 Å². The molecule has 86 valence electrons. The van der Waals surface area contributed by atoms with Gasteiger partial charge >= 0.3 is 0 Å². The van der Waals surface area contributed by atoms with E-state index in [4.69, 9.17) is 11.6 Å². The van der Waals surface area contributed by atoms with E-state index in [-0.39, 0.29) is 0 Å². The van der Waals surface area contributed by atoms with Crippen LogP contribution in [-0.2, 0) is 11.1 Å². The van der Waals surface area contributed by atoms with Gasteiger partial charge in [-0.05, 0) is 28.7 Å². The number of carbonyl (C=O) groups is 1. The van der Waals surface area contributed by atoms with Gasteiger partial charge < -0.3 is 4.55 Å². The molecule has 9 heteroatoms. The third-order valence-electron chi connectivity index (χ3n) is 1.64. The Bertz CT molecular complexity index is 506. The molecule has 1 aromatic carbocycles. The van der Waals surface area contributed by atoms with Crippen molar-refractivity contribution in [1.29, 1.82) is 0 Å². The van der Waals surface area contributed by atoms with Crippen molar-refractivity contribution in [3.8, 4) is 0 Å². The Morgan fingerprint density at radius 1 is 1.50 bits per heavy atom. The van der Waals surface area contributed by atoms with Gasteiger partial charge in [0, 0.05) is 6.07 Å². The van der Waals surface area contributed by atoms with E-state index in [2.05, 4.69) is 0 Å². The number of nitro benzene ring substituents is 1. The second-order valence-corrected chi connectivity index (χ2v) is 3.82. The van der Waals surface area contributed by atoms with E-state index < -0.39 is 43.2 Å². The van der Waals surface area contributed by atoms with Gasteiger partial charge in [-0.3, -0.25) is 19.1 Å². The first-order valence-corrected chi connectivity index (χ1v) is 5.07. The van der Waals surface area contributed by atoms with Crippen LogP contribution in [-0.4, -0.2) is 18.9 Å². The Morgan fingerprint density at radius 3 is 2.44 bits per heavy atom. The molecule has 0 aliphatic rings. The minimum Gasteiger partial charge on any atom is -0.768 e. The summed E-state index contributed by atoms with van der Waals surface area (Å²) in [6.07, 6.45) is 0. The second kappa shape index (κ2) is 4.64. The van der Waals surface area contributed by atoms with Crippen molar-refractivity contribution in [2.45, 2.75) is 4.90 Å². The Balaban J connectivity index is 3.55. The van der Waals surface area contributed by atoms with Crippen LogP contribution in [0, 0.1) is 15.9 Å². The van der Waals surface area contributed by atoms with Crippen LogP contribution >= 0.6 is 11.6 Å². The molecule has 0 heterocycles. The van der Waals surface area contributed by atoms with Gasteiger partial charge in [-0.1, -0.05) is 0 Å². The molecule has 0 N–H and O–H groups in total. The van der Waals surface area contributed by atoms with Gasteiger partial charge in [0.05, 0.1) is 9.82 Å². The lowest BCUT2D eigenvalue weighted by molar-refractivity contribution is -0.385. The van der Waals surface area contributed by atoms with Crippen molar-refractivity contribution >= 4 is 33.6 Å². The molecule has 0 radical (unpaired) electrons. The molecular weight excluding hydrogens is 265 g/mol. The molecule has 6 nitrogen and oxygen atoms in total. The lowest BCUT2D eigenvalue weighted by Gasteiger charge is -2.07. The van der Waals surface area contributed by atoms with Gasteiger partial charge in [0.15, 0.2) is 0 Å². The van der Waals surface area contributed by atoms with Crippen LogP contribution in [0.5, 0.6) is 0 Å². The molecule has 0 saturated carbocycles. The van der Waals surface area contributed by atoms with Gasteiger partial charge in [0.25, 0.3) is 10.9 Å². The van der Waals surface area contributed by atoms with Gasteiger partial charge in [0.1, 0.15) is 11.4 Å². The molecule has 1 unspecified atom stereocenters. The number of carbonyl (C=O) groups excluding carboxylic acids is 1. The Kier molecular flexibility index (Phi) is 3.68. The maximum Gasteiger partial charge on any atom is 0.282 e. The van der Waals surface area contributed by atoms with Crippen LogP contribution in [0.25, 0.3) is 0 Å². The molecule has 1 rings (SSSR count). The van der Waals surface area contributed by atoms with E-state index in [1.165, 1.54) is 0 Å². The van der Waals surface area contributed by atoms with Gasteiger partial charge in [-0.15, -0.1) is 0 Å². The summed E-state index contributed by atoms with van der Waals surface area (Å²) in [6.45, 7) is 0. The van der Waals surface area contributed by atoms with Crippen LogP contribution in [0.1, 0.15) is 10.4 Å². The highest BCUT2D eigenvalue weighted by Gasteiger charge is 2.22. The molecule has 0 amide bonds. The van der Waals surface area contributed by atoms with Crippen molar-refractivity contribution < 1.29 is 22.9 Å². The zero-order valence-electron chi connectivity index (χ0n) is 7.31. The molecule has 0 aliphatic heterocycles. The van der Waals surface area contributed by atoms with Crippen molar-refractivity contribution in [1.82, 2.24) is 0 Å². The topological polar surface area (TPSA) is 100 Å². The van der Waals surface area contributed by atoms with Crippen LogP contribution in [0.15, 0.2) is 17.0 Å². The summed E-state index contributed by atoms with van der Waals surface area (Å²) in [7, 11) is 0. The number of hydrogen-bond acceptors (Lipinski definition) is 5. The SMILES string of the molecule is O=C(Cl)c1cc(F)c(S(=O)[O-])cc1[N+](=O)[O-]. The Morgan fingerprint density at radius 2 is 2.06 bits per heavy atom. The highest BCUT2D eigenvalue weighted by molar-refractivity contribution is 7.79. The predicted molar refractivity (Wildman–Crippen MR) is 50.4 cm³/mol. The molecule has 1 aromatic rings. The summed E-state index contributed by atoms with van der Waals surface area (Å²) in [5.41, 5.74) is -1.56. The lowest BCUT2D eigenvalue weighted by atomic mass is 10.2. The minimum absolute atomic E-state index is 0.415. The van der Waals surface area contributed by atoms with E-state index in [1.807, 2.05) is 0 Å². The lowest BCUT2D eigenvalue weighted by Crippen LogP contribution is -2.03. The van der Waals surface area contributed by atoms with Crippen molar-refractivity contribution in [2.24, 2.45) is 0 Å². The fraction of sp³-hybridized carbons (Fsp3) is 0. The van der Waals surface area contributed by atoms with Crippen LogP contribution in [0.2, 0.25) is 0 Å². The highest BCUT2D eigenvalue weighted by atomic mass is 35.5. The summed E-state index contributed by atoms with van der Waals surface area (Å²) in [6, 6.07) is 0.854. The molecule has 0 fully saturated rings. The quantitative estimate of drug-likeness (QED) is 0.356. The minimum atomic E-state index is -2.97. The normalized spacial score (nSPS) is 12.2. The summed E-state index contributed by atoms with van der Waals surface area (Å²) in [4.78, 5) is 19.3. The first kappa shape index (κ1) is 12.7. The number of hydrogen-bond donors (Lipinski definition) is 0. The summed E-state index contributed by atoms with van der Waals surface area (Å²) in [5.74, 6) is -1.28. The number of rotatable bonds is 3. The zero-order chi connectivity index (χ0) is 12.5. The van der Waals surface area contributed by atoms with E-state index in [0.29, 0.717) is 12.1 Å². The van der Waals surface area contributed by atoms with Gasteiger partial charge in [0.2, 0.25) is 0 Å². The Hall–Kier alpha value is -1.38. The van der Waals surface area contributed by atoms with Crippen LogP contribution in [0.3, 0.4) is 0 Å². The number of nitro groups is 1. The average Bonchev–Trinajstić information content (AvgIpc) is 2.15. The molecule has 0 saturated heterocycles. The molecule has 0 spiro atoms. The van der Waals surface area contributed by atoms with E-state index in [0.717, 1.165) is 0 Å². The first-order chi connectivity index (χ1) is 7.34. The summed E-state index contributed by atoms with van der Waals surface area (Å²) in [5, 5.41) is 9.24. The van der Waals surface area contributed by atoms with E-state index in [1.54, 1.807) is 0 Å². The fourth-order valence-corrected chi connectivity index (χ4v) is 1.56. The number of nitrogens with zero attached hydrogens (tertiary/aromatic N) is 1. The molecule has 0 bridgehead atoms. The molecule has 16 heavy (non-hydrogen) atoms. The predicted octanol–water partition coefficient (Wildman–Crippen LogP) is 1.35. The zero-order valence-corrected chi connectivity index (χ0v) is 8.88. The highest BCUT2D eigenvalue weighted by Crippen LogP contribution is 2.25. The third kappa shape index (κ3) is 2.40. The summed E-state index contributed by atoms with van der Waals surface area (Å²) >= 11 is 2.02. The van der Waals surface area contributed by atoms with Crippen molar-refractivity contribution in [3.63, 3.8) is 0 Å². The number of benzene rings is 1. The maximum absolute atomic E-state index is 13.1. The smallest absolute Gasteiger partial charge is 0.282 e. The average molecular weight is 267 g/mol. The van der Waals surface area contributed by atoms with Crippen LogP contribution < -0.4 is 0 Å². The monoisotopic (exact) mass is 266 g/mol. The summed E-state index contributed by atoms with van der Waals surface area (Å²) < 4.78 is 34.1. The largest absolute Gasteiger partial charge is 0.768 e. The van der Waals surface area contributed by atoms with Crippen molar-refractivity contribution in [3.05, 3.63) is 33.6 Å². The first-order valence-electron chi connectivity index (χ1n) is 3.61. The molecule has 1 atom stereocenters. The standard InChI is InChI=1S/C7H3ClFNO5S/c8-7(11)3-1-4(9)6(16(14)15)2-5(3)10(12)13/h1-2H,(H,14,15)/p-1. The third-order valence-corrected chi connectivity index (χ3v) is 2.51. The Labute approximate surface area is 95.5 Å². The second-order valence-electron chi connectivity index (χ2n) is 2.57. The fourth-order valence-electron chi connectivity index (χ4n) is 0.979. The van der Waals surface area contributed by atoms with Crippen LogP contribution in [0.4, 0.5) is 10.1 Å². The molecular formula is C7H2ClFNO5S-. The molecule has 0 aromatic heterocycles. The van der Waals surface area contributed by atoms with Gasteiger partial charge in [-0.2, -0.15) is 0 Å². The van der Waals surface area contributed by atoms with Crippen molar-refractivity contribution in [2.75, 3.05) is 0 Å². The van der Waals surface area contributed by atoms with Gasteiger partial charge in [-0.25, -0.2) is 4.39 Å². The van der Waals surface area contributed by atoms with E-state index >= 15 is 0 Å².